The Labute approximate surface area is 134 Å². The molecule has 0 unspecified atom stereocenters. The van der Waals surface area contributed by atoms with Gasteiger partial charge in [-0.25, -0.2) is 4.98 Å². The molecule has 1 amide bonds. The largest absolute Gasteiger partial charge is 0.373 e. The Kier molecular flexibility index (Phi) is 6.04. The lowest BCUT2D eigenvalue weighted by Crippen LogP contribution is -2.46. The Morgan fingerprint density at radius 1 is 1.26 bits per heavy atom. The zero-order valence-electron chi connectivity index (χ0n) is 12.6. The van der Waals surface area contributed by atoms with Crippen molar-refractivity contribution in [2.75, 3.05) is 39.3 Å². The van der Waals surface area contributed by atoms with Gasteiger partial charge in [0.1, 0.15) is 23.4 Å². The smallest absolute Gasteiger partial charge is 0.271 e. The lowest BCUT2D eigenvalue weighted by Gasteiger charge is -2.33. The number of rotatable bonds is 5. The second-order valence-corrected chi connectivity index (χ2v) is 4.99. The predicted octanol–water partition coefficient (Wildman–Crippen LogP) is -0.245. The number of hydrogen-bond acceptors (Lipinski definition) is 7. The van der Waals surface area contributed by atoms with Crippen LogP contribution in [0.2, 0.25) is 0 Å². The SMILES string of the molecule is N#CC(C#N)=CN1CCN(CCNC(=O)c2cnccn2)CC1. The van der Waals surface area contributed by atoms with Crippen molar-refractivity contribution in [3.8, 4) is 12.1 Å². The monoisotopic (exact) mass is 311 g/mol. The molecule has 2 heterocycles. The standard InChI is InChI=1S/C15H17N7O/c16-9-13(10-17)12-22-7-5-21(6-8-22)4-3-20-15(23)14-11-18-1-2-19-14/h1-2,11-12H,3-8H2,(H,20,23). The molecule has 8 nitrogen and oxygen atoms in total. The van der Waals surface area contributed by atoms with Gasteiger partial charge in [-0.1, -0.05) is 0 Å². The Bertz CT molecular complexity index is 620. The van der Waals surface area contributed by atoms with Crippen LogP contribution in [0.15, 0.2) is 30.4 Å². The second kappa shape index (κ2) is 8.47. The van der Waals surface area contributed by atoms with Crippen LogP contribution in [0.25, 0.3) is 0 Å². The van der Waals surface area contributed by atoms with Gasteiger partial charge in [0.25, 0.3) is 5.91 Å². The van der Waals surface area contributed by atoms with E-state index in [9.17, 15) is 4.79 Å². The molecule has 0 aliphatic carbocycles. The summed E-state index contributed by atoms with van der Waals surface area (Å²) in [4.78, 5) is 23.8. The quantitative estimate of drug-likeness (QED) is 0.747. The van der Waals surface area contributed by atoms with E-state index in [0.29, 0.717) is 12.2 Å². The van der Waals surface area contributed by atoms with Crippen molar-refractivity contribution < 1.29 is 4.79 Å². The molecule has 2 rings (SSSR count). The van der Waals surface area contributed by atoms with Gasteiger partial charge in [-0.05, 0) is 0 Å². The van der Waals surface area contributed by atoms with E-state index in [4.69, 9.17) is 10.5 Å². The average Bonchev–Trinajstić information content (AvgIpc) is 2.61. The fraction of sp³-hybridized carbons (Fsp3) is 0.400. The fourth-order valence-corrected chi connectivity index (χ4v) is 2.22. The molecule has 0 radical (unpaired) electrons. The van der Waals surface area contributed by atoms with Gasteiger partial charge in [0.05, 0.1) is 6.20 Å². The van der Waals surface area contributed by atoms with E-state index < -0.39 is 0 Å². The Morgan fingerprint density at radius 3 is 2.61 bits per heavy atom. The van der Waals surface area contributed by atoms with Crippen molar-refractivity contribution >= 4 is 5.91 Å². The van der Waals surface area contributed by atoms with E-state index in [1.165, 1.54) is 18.6 Å². The number of piperazine rings is 1. The molecular formula is C15H17N7O. The molecular weight excluding hydrogens is 294 g/mol. The summed E-state index contributed by atoms with van der Waals surface area (Å²) in [5.41, 5.74) is 0.428. The van der Waals surface area contributed by atoms with Crippen molar-refractivity contribution in [3.63, 3.8) is 0 Å². The minimum Gasteiger partial charge on any atom is -0.373 e. The van der Waals surface area contributed by atoms with Crippen LogP contribution >= 0.6 is 0 Å². The van der Waals surface area contributed by atoms with Crippen LogP contribution in [-0.4, -0.2) is 64.9 Å². The molecule has 1 aliphatic rings. The van der Waals surface area contributed by atoms with Gasteiger partial charge in [0, 0.05) is 57.9 Å². The van der Waals surface area contributed by atoms with E-state index in [1.54, 1.807) is 6.20 Å². The first-order valence-corrected chi connectivity index (χ1v) is 7.25. The number of hydrogen-bond donors (Lipinski definition) is 1. The number of carbonyl (C=O) groups excluding carboxylic acids is 1. The number of amides is 1. The molecule has 1 aromatic rings. The van der Waals surface area contributed by atoms with E-state index in [-0.39, 0.29) is 11.5 Å². The van der Waals surface area contributed by atoms with Crippen LogP contribution < -0.4 is 5.32 Å². The lowest BCUT2D eigenvalue weighted by molar-refractivity contribution is 0.0937. The number of aromatic nitrogens is 2. The molecule has 23 heavy (non-hydrogen) atoms. The van der Waals surface area contributed by atoms with Gasteiger partial charge in [-0.15, -0.1) is 0 Å². The molecule has 1 aromatic heterocycles. The summed E-state index contributed by atoms with van der Waals surface area (Å²) < 4.78 is 0. The van der Waals surface area contributed by atoms with Crippen molar-refractivity contribution in [1.29, 1.82) is 10.5 Å². The first-order chi connectivity index (χ1) is 11.2. The third-order valence-electron chi connectivity index (χ3n) is 3.47. The van der Waals surface area contributed by atoms with Crippen LogP contribution in [0.4, 0.5) is 0 Å². The highest BCUT2D eigenvalue weighted by Crippen LogP contribution is 2.04. The van der Waals surface area contributed by atoms with E-state index in [1.807, 2.05) is 17.0 Å². The fourth-order valence-electron chi connectivity index (χ4n) is 2.22. The molecule has 118 valence electrons. The maximum atomic E-state index is 11.8. The van der Waals surface area contributed by atoms with Gasteiger partial charge < -0.3 is 10.2 Å². The predicted molar refractivity (Wildman–Crippen MR) is 81.7 cm³/mol. The van der Waals surface area contributed by atoms with Crippen molar-refractivity contribution in [2.45, 2.75) is 0 Å². The molecule has 0 atom stereocenters. The highest BCUT2D eigenvalue weighted by Gasteiger charge is 2.15. The van der Waals surface area contributed by atoms with Gasteiger partial charge in [0.2, 0.25) is 0 Å². The molecule has 0 aromatic carbocycles. The second-order valence-electron chi connectivity index (χ2n) is 4.99. The summed E-state index contributed by atoms with van der Waals surface area (Å²) in [5.74, 6) is -0.229. The van der Waals surface area contributed by atoms with E-state index >= 15 is 0 Å². The third-order valence-corrected chi connectivity index (χ3v) is 3.47. The molecule has 0 saturated carbocycles. The summed E-state index contributed by atoms with van der Waals surface area (Å²) in [7, 11) is 0. The number of nitrogens with one attached hydrogen (secondary N) is 1. The molecule has 1 saturated heterocycles. The van der Waals surface area contributed by atoms with E-state index in [0.717, 1.165) is 32.7 Å². The molecule has 1 fully saturated rings. The number of carbonyl (C=O) groups is 1. The molecule has 1 aliphatic heterocycles. The molecule has 1 N–H and O–H groups in total. The topological polar surface area (TPSA) is 109 Å². The van der Waals surface area contributed by atoms with Gasteiger partial charge in [-0.3, -0.25) is 14.7 Å². The number of nitriles is 2. The van der Waals surface area contributed by atoms with Crippen LogP contribution in [-0.2, 0) is 0 Å². The summed E-state index contributed by atoms with van der Waals surface area (Å²) in [6, 6.07) is 3.72. The van der Waals surface area contributed by atoms with E-state index in [2.05, 4.69) is 20.2 Å². The highest BCUT2D eigenvalue weighted by molar-refractivity contribution is 5.91. The maximum Gasteiger partial charge on any atom is 0.271 e. The Morgan fingerprint density at radius 2 is 2.00 bits per heavy atom. The summed E-state index contributed by atoms with van der Waals surface area (Å²) in [6.07, 6.45) is 6.04. The van der Waals surface area contributed by atoms with Crippen LogP contribution in [0.5, 0.6) is 0 Å². The van der Waals surface area contributed by atoms with Crippen LogP contribution in [0.3, 0.4) is 0 Å². The van der Waals surface area contributed by atoms with Gasteiger partial charge >= 0.3 is 0 Å². The zero-order chi connectivity index (χ0) is 16.5. The minimum atomic E-state index is -0.229. The first-order valence-electron chi connectivity index (χ1n) is 7.25. The van der Waals surface area contributed by atoms with Crippen LogP contribution in [0, 0.1) is 22.7 Å². The summed E-state index contributed by atoms with van der Waals surface area (Å²) >= 11 is 0. The van der Waals surface area contributed by atoms with Crippen molar-refractivity contribution in [3.05, 3.63) is 36.1 Å². The highest BCUT2D eigenvalue weighted by atomic mass is 16.1. The number of allylic oxidation sites excluding steroid dienone is 1. The average molecular weight is 311 g/mol. The Balaban J connectivity index is 1.69. The lowest BCUT2D eigenvalue weighted by atomic mass is 10.3. The third kappa shape index (κ3) is 5.06. The van der Waals surface area contributed by atoms with Crippen molar-refractivity contribution in [1.82, 2.24) is 25.1 Å². The first kappa shape index (κ1) is 16.4. The van der Waals surface area contributed by atoms with Crippen LogP contribution in [0.1, 0.15) is 10.5 Å². The molecule has 8 heteroatoms. The van der Waals surface area contributed by atoms with Crippen molar-refractivity contribution in [2.24, 2.45) is 0 Å². The summed E-state index contributed by atoms with van der Waals surface area (Å²) in [5, 5.41) is 20.3. The zero-order valence-corrected chi connectivity index (χ0v) is 12.6. The molecule has 0 bridgehead atoms. The summed E-state index contributed by atoms with van der Waals surface area (Å²) in [6.45, 7) is 4.43. The normalized spacial score (nSPS) is 14.4. The minimum absolute atomic E-state index is 0.120. The van der Waals surface area contributed by atoms with Gasteiger partial charge in [-0.2, -0.15) is 10.5 Å². The molecule has 0 spiro atoms. The van der Waals surface area contributed by atoms with Gasteiger partial charge in [0.15, 0.2) is 0 Å². The number of nitrogens with zero attached hydrogens (tertiary/aromatic N) is 6. The maximum absolute atomic E-state index is 11.8. The Hall–Kier alpha value is -2.97.